The van der Waals surface area contributed by atoms with Crippen molar-refractivity contribution >= 4 is 0 Å². The highest BCUT2D eigenvalue weighted by molar-refractivity contribution is 5.37. The minimum absolute atomic E-state index is 0.407. The van der Waals surface area contributed by atoms with Gasteiger partial charge in [-0.05, 0) is 68.0 Å². The number of nitrogens with zero attached hydrogens (tertiary/aromatic N) is 1. The van der Waals surface area contributed by atoms with Gasteiger partial charge < -0.3 is 5.11 Å². The Bertz CT molecular complexity index is 410. The quantitative estimate of drug-likeness (QED) is 0.875. The molecule has 0 bridgehead atoms. The van der Waals surface area contributed by atoms with Crippen LogP contribution in [-0.2, 0) is 12.8 Å². The second-order valence-electron chi connectivity index (χ2n) is 5.94. The highest BCUT2D eigenvalue weighted by atomic mass is 16.3. The molecule has 1 aliphatic carbocycles. The van der Waals surface area contributed by atoms with E-state index in [1.54, 1.807) is 0 Å². The SMILES string of the molecule is CCCN(CCC)[C@H]1Cc2cc(O)ccc2C[C@H]1C. The Morgan fingerprint density at radius 3 is 2.42 bits per heavy atom. The number of aromatic hydroxyl groups is 1. The summed E-state index contributed by atoms with van der Waals surface area (Å²) in [5.41, 5.74) is 2.77. The lowest BCUT2D eigenvalue weighted by Crippen LogP contribution is -2.45. The van der Waals surface area contributed by atoms with E-state index in [0.29, 0.717) is 17.7 Å². The molecule has 2 atom stereocenters. The van der Waals surface area contributed by atoms with Crippen LogP contribution < -0.4 is 0 Å². The van der Waals surface area contributed by atoms with Crippen LogP contribution in [0.2, 0.25) is 0 Å². The highest BCUT2D eigenvalue weighted by Crippen LogP contribution is 2.31. The van der Waals surface area contributed by atoms with Gasteiger partial charge in [0.1, 0.15) is 5.75 Å². The molecular weight excluding hydrogens is 234 g/mol. The fourth-order valence-corrected chi connectivity index (χ4v) is 3.42. The Kier molecular flexibility index (Phi) is 4.87. The number of benzene rings is 1. The summed E-state index contributed by atoms with van der Waals surface area (Å²) in [4.78, 5) is 2.65. The monoisotopic (exact) mass is 261 g/mol. The van der Waals surface area contributed by atoms with Gasteiger partial charge in [-0.3, -0.25) is 4.90 Å². The fraction of sp³-hybridized carbons (Fsp3) is 0.647. The first-order valence-electron chi connectivity index (χ1n) is 7.70. The largest absolute Gasteiger partial charge is 0.508 e. The van der Waals surface area contributed by atoms with E-state index in [-0.39, 0.29) is 0 Å². The van der Waals surface area contributed by atoms with Crippen LogP contribution in [0, 0.1) is 5.92 Å². The second kappa shape index (κ2) is 6.42. The molecule has 1 aromatic rings. The van der Waals surface area contributed by atoms with Crippen LogP contribution in [0.15, 0.2) is 18.2 Å². The molecule has 1 N–H and O–H groups in total. The summed E-state index contributed by atoms with van der Waals surface area (Å²) < 4.78 is 0. The van der Waals surface area contributed by atoms with Crippen LogP contribution in [0.5, 0.6) is 5.75 Å². The van der Waals surface area contributed by atoms with Crippen molar-refractivity contribution in [2.75, 3.05) is 13.1 Å². The third-order valence-corrected chi connectivity index (χ3v) is 4.31. The maximum absolute atomic E-state index is 9.67. The Balaban J connectivity index is 2.18. The van der Waals surface area contributed by atoms with E-state index in [0.717, 1.165) is 12.8 Å². The molecule has 0 saturated carbocycles. The van der Waals surface area contributed by atoms with E-state index in [4.69, 9.17) is 0 Å². The van der Waals surface area contributed by atoms with Crippen LogP contribution in [-0.4, -0.2) is 29.1 Å². The molecule has 2 rings (SSSR count). The molecule has 1 aliphatic rings. The molecule has 0 radical (unpaired) electrons. The van der Waals surface area contributed by atoms with Crippen molar-refractivity contribution < 1.29 is 5.11 Å². The normalized spacial score (nSPS) is 22.5. The van der Waals surface area contributed by atoms with Gasteiger partial charge in [0, 0.05) is 6.04 Å². The van der Waals surface area contributed by atoms with Crippen LogP contribution >= 0.6 is 0 Å². The van der Waals surface area contributed by atoms with Gasteiger partial charge in [0.05, 0.1) is 0 Å². The number of phenolic OH excluding ortho intramolecular Hbond substituents is 1. The summed E-state index contributed by atoms with van der Waals surface area (Å²) in [6.07, 6.45) is 4.67. The van der Waals surface area contributed by atoms with Crippen LogP contribution in [0.1, 0.15) is 44.7 Å². The minimum atomic E-state index is 0.407. The average molecular weight is 261 g/mol. The molecule has 1 aromatic carbocycles. The zero-order valence-corrected chi connectivity index (χ0v) is 12.5. The number of hydrogen-bond acceptors (Lipinski definition) is 2. The van der Waals surface area contributed by atoms with Gasteiger partial charge in [-0.2, -0.15) is 0 Å². The van der Waals surface area contributed by atoms with Crippen molar-refractivity contribution in [3.05, 3.63) is 29.3 Å². The van der Waals surface area contributed by atoms with Crippen LogP contribution in [0.4, 0.5) is 0 Å². The average Bonchev–Trinajstić information content (AvgIpc) is 2.38. The van der Waals surface area contributed by atoms with E-state index in [2.05, 4.69) is 31.7 Å². The molecule has 0 spiro atoms. The van der Waals surface area contributed by atoms with Crippen molar-refractivity contribution in [2.24, 2.45) is 5.92 Å². The third-order valence-electron chi connectivity index (χ3n) is 4.31. The zero-order chi connectivity index (χ0) is 13.8. The van der Waals surface area contributed by atoms with E-state index < -0.39 is 0 Å². The Hall–Kier alpha value is -1.02. The molecule has 0 aromatic heterocycles. The Morgan fingerprint density at radius 1 is 1.11 bits per heavy atom. The molecule has 106 valence electrons. The number of rotatable bonds is 5. The molecular formula is C17H27NO. The lowest BCUT2D eigenvalue weighted by molar-refractivity contribution is 0.139. The summed E-state index contributed by atoms with van der Waals surface area (Å²) in [6, 6.07) is 6.52. The first-order valence-corrected chi connectivity index (χ1v) is 7.70. The molecule has 0 amide bonds. The smallest absolute Gasteiger partial charge is 0.115 e. The maximum atomic E-state index is 9.67. The number of phenols is 1. The van der Waals surface area contributed by atoms with Crippen molar-refractivity contribution in [3.63, 3.8) is 0 Å². The predicted molar refractivity (Wildman–Crippen MR) is 80.6 cm³/mol. The molecule has 0 fully saturated rings. The lowest BCUT2D eigenvalue weighted by Gasteiger charge is -2.39. The molecule has 2 heteroatoms. The van der Waals surface area contributed by atoms with Gasteiger partial charge >= 0.3 is 0 Å². The predicted octanol–water partition coefficient (Wildman–Crippen LogP) is 3.62. The Labute approximate surface area is 117 Å². The molecule has 2 nitrogen and oxygen atoms in total. The number of fused-ring (bicyclic) bond motifs is 1. The zero-order valence-electron chi connectivity index (χ0n) is 12.5. The molecule has 0 aliphatic heterocycles. The molecule has 19 heavy (non-hydrogen) atoms. The van der Waals surface area contributed by atoms with Crippen LogP contribution in [0.3, 0.4) is 0 Å². The Morgan fingerprint density at radius 2 is 1.79 bits per heavy atom. The first-order chi connectivity index (χ1) is 9.15. The van der Waals surface area contributed by atoms with Gasteiger partial charge in [0.25, 0.3) is 0 Å². The summed E-state index contributed by atoms with van der Waals surface area (Å²) >= 11 is 0. The maximum Gasteiger partial charge on any atom is 0.115 e. The lowest BCUT2D eigenvalue weighted by atomic mass is 9.80. The van der Waals surface area contributed by atoms with Crippen LogP contribution in [0.25, 0.3) is 0 Å². The number of hydrogen-bond donors (Lipinski definition) is 1. The van der Waals surface area contributed by atoms with E-state index in [1.807, 2.05) is 12.1 Å². The highest BCUT2D eigenvalue weighted by Gasteiger charge is 2.29. The third kappa shape index (κ3) is 3.30. The van der Waals surface area contributed by atoms with Gasteiger partial charge in [0.15, 0.2) is 0 Å². The first kappa shape index (κ1) is 14.4. The van der Waals surface area contributed by atoms with E-state index in [9.17, 15) is 5.11 Å². The molecule has 0 unspecified atom stereocenters. The van der Waals surface area contributed by atoms with Crippen molar-refractivity contribution in [1.29, 1.82) is 0 Å². The molecule has 0 saturated heterocycles. The van der Waals surface area contributed by atoms with Crippen molar-refractivity contribution in [3.8, 4) is 5.75 Å². The van der Waals surface area contributed by atoms with E-state index >= 15 is 0 Å². The fourth-order valence-electron chi connectivity index (χ4n) is 3.42. The summed E-state index contributed by atoms with van der Waals surface area (Å²) in [5, 5.41) is 9.67. The summed E-state index contributed by atoms with van der Waals surface area (Å²) in [7, 11) is 0. The van der Waals surface area contributed by atoms with Gasteiger partial charge in [-0.1, -0.05) is 26.8 Å². The van der Waals surface area contributed by atoms with Gasteiger partial charge in [0.2, 0.25) is 0 Å². The standard InChI is InChI=1S/C17H27NO/c1-4-8-18(9-5-2)17-12-15-11-16(19)7-6-14(15)10-13(17)3/h6-7,11,13,17,19H,4-5,8-10,12H2,1-3H3/t13-,17+/m1/s1. The summed E-state index contributed by atoms with van der Waals surface area (Å²) in [5.74, 6) is 1.11. The van der Waals surface area contributed by atoms with Crippen molar-refractivity contribution in [1.82, 2.24) is 4.90 Å². The minimum Gasteiger partial charge on any atom is -0.508 e. The second-order valence-corrected chi connectivity index (χ2v) is 5.94. The van der Waals surface area contributed by atoms with Gasteiger partial charge in [-0.25, -0.2) is 0 Å². The van der Waals surface area contributed by atoms with Gasteiger partial charge in [-0.15, -0.1) is 0 Å². The molecule has 0 heterocycles. The summed E-state index contributed by atoms with van der Waals surface area (Å²) in [6.45, 7) is 9.28. The van der Waals surface area contributed by atoms with E-state index in [1.165, 1.54) is 37.1 Å². The van der Waals surface area contributed by atoms with Crippen molar-refractivity contribution in [2.45, 2.75) is 52.5 Å². The topological polar surface area (TPSA) is 23.5 Å².